The molecule has 11 heteroatoms. The quantitative estimate of drug-likeness (QED) is 0.441. The molecule has 2 unspecified atom stereocenters. The van der Waals surface area contributed by atoms with Crippen LogP contribution in [0.3, 0.4) is 0 Å². The van der Waals surface area contributed by atoms with Crippen LogP contribution in [0, 0.1) is 17.4 Å². The van der Waals surface area contributed by atoms with Crippen molar-refractivity contribution in [1.29, 1.82) is 0 Å². The number of anilines is 2. The summed E-state index contributed by atoms with van der Waals surface area (Å²) in [5, 5.41) is 6.53. The van der Waals surface area contributed by atoms with Crippen LogP contribution in [0.4, 0.5) is 11.5 Å². The van der Waals surface area contributed by atoms with E-state index in [0.717, 1.165) is 37.3 Å². The summed E-state index contributed by atoms with van der Waals surface area (Å²) in [5.41, 5.74) is 1.23. The summed E-state index contributed by atoms with van der Waals surface area (Å²) in [6.07, 6.45) is 4.86. The molecule has 199 valence electrons. The van der Waals surface area contributed by atoms with Crippen molar-refractivity contribution in [3.8, 4) is 6.07 Å². The van der Waals surface area contributed by atoms with Gasteiger partial charge < -0.3 is 15.0 Å². The molecule has 1 aliphatic heterocycles. The molecule has 2 amide bonds. The molecule has 39 heavy (non-hydrogen) atoms. The average Bonchev–Trinajstić information content (AvgIpc) is 3.56. The third kappa shape index (κ3) is 5.35. The van der Waals surface area contributed by atoms with Crippen LogP contribution in [0.25, 0.3) is 4.85 Å². The lowest BCUT2D eigenvalue weighted by atomic mass is 9.73. The van der Waals surface area contributed by atoms with E-state index in [0.29, 0.717) is 29.6 Å². The topological polar surface area (TPSA) is 93.7 Å². The van der Waals surface area contributed by atoms with Crippen LogP contribution in [-0.2, 0) is 21.6 Å². The first-order valence-electron chi connectivity index (χ1n) is 12.8. The van der Waals surface area contributed by atoms with Gasteiger partial charge >= 0.3 is 12.0 Å². The Balaban J connectivity index is 1.50. The Morgan fingerprint density at radius 2 is 1.95 bits per heavy atom. The van der Waals surface area contributed by atoms with E-state index in [4.69, 9.17) is 16.3 Å². The van der Waals surface area contributed by atoms with Crippen molar-refractivity contribution >= 4 is 45.2 Å². The normalized spacial score (nSPS) is 18.3. The minimum atomic E-state index is -1.00. The summed E-state index contributed by atoms with van der Waals surface area (Å²) in [5.74, 6) is -1.12. The largest absolute Gasteiger partial charge is 0.565 e. The zero-order valence-corrected chi connectivity index (χ0v) is 23.6. The molecule has 3 radical (unpaired) electrons. The standard InChI is InChI=1S/C28H28ClN6O3Si/c1-27(10-11-27)28(39,20-5-3-4-6-22(20)29)21(18-31-26(37)23-9-12-32-34(23)2)25(36)33-19-7-8-24(30-17-19)35-13-15-38-16-14-35/h3-9,12,17,21H,10-11,13-16H2,1-2H3/p+1. The smallest absolute Gasteiger partial charge is 0.378 e. The number of nitrogens with one attached hydrogen (secondary N) is 1. The summed E-state index contributed by atoms with van der Waals surface area (Å²) >= 11 is 6.68. The second kappa shape index (κ2) is 10.9. The molecule has 1 saturated heterocycles. The van der Waals surface area contributed by atoms with Crippen molar-refractivity contribution in [2.75, 3.05) is 36.5 Å². The number of aryl methyl sites for hydroxylation is 1. The van der Waals surface area contributed by atoms with Crippen molar-refractivity contribution in [2.24, 2.45) is 18.4 Å². The van der Waals surface area contributed by atoms with E-state index in [1.807, 2.05) is 30.3 Å². The number of benzene rings is 1. The highest BCUT2D eigenvalue weighted by Gasteiger charge is 2.61. The molecule has 1 aliphatic carbocycles. The number of aromatic nitrogens is 3. The first kappa shape index (κ1) is 27.1. The third-order valence-corrected chi connectivity index (χ3v) is 9.12. The Kier molecular flexibility index (Phi) is 7.58. The highest BCUT2D eigenvalue weighted by atomic mass is 35.5. The van der Waals surface area contributed by atoms with E-state index < -0.39 is 16.9 Å². The van der Waals surface area contributed by atoms with Crippen molar-refractivity contribution < 1.29 is 14.3 Å². The molecule has 2 aliphatic rings. The number of nitrogens with zero attached hydrogens (tertiary/aromatic N) is 5. The number of morpholine rings is 1. The number of carbonyl (C=O) groups excluding carboxylic acids is 2. The lowest BCUT2D eigenvalue weighted by Crippen LogP contribution is -2.48. The fourth-order valence-corrected chi connectivity index (χ4v) is 5.99. The van der Waals surface area contributed by atoms with Crippen LogP contribution in [0.5, 0.6) is 0 Å². The molecule has 0 bridgehead atoms. The van der Waals surface area contributed by atoms with Crippen molar-refractivity contribution in [1.82, 2.24) is 14.8 Å². The van der Waals surface area contributed by atoms with Gasteiger partial charge in [-0.15, -0.1) is 0 Å². The van der Waals surface area contributed by atoms with Gasteiger partial charge in [0.2, 0.25) is 5.91 Å². The Morgan fingerprint density at radius 1 is 1.21 bits per heavy atom. The molecule has 2 aromatic heterocycles. The van der Waals surface area contributed by atoms with Crippen molar-refractivity contribution in [2.45, 2.75) is 24.8 Å². The van der Waals surface area contributed by atoms with Gasteiger partial charge in [0, 0.05) is 51.5 Å². The molecule has 1 saturated carbocycles. The Morgan fingerprint density at radius 3 is 2.56 bits per heavy atom. The molecular weight excluding hydrogens is 532 g/mol. The zero-order chi connectivity index (χ0) is 27.6. The second-order valence-electron chi connectivity index (χ2n) is 10.2. The van der Waals surface area contributed by atoms with Gasteiger partial charge in [-0.3, -0.25) is 9.48 Å². The molecule has 0 spiro atoms. The first-order chi connectivity index (χ1) is 18.7. The minimum Gasteiger partial charge on any atom is -0.378 e. The fourth-order valence-electron chi connectivity index (χ4n) is 4.96. The number of hydrogen-bond donors (Lipinski definition) is 1. The number of halogens is 1. The molecule has 2 atom stereocenters. The Bertz CT molecular complexity index is 1440. The molecule has 2 fully saturated rings. The van der Waals surface area contributed by atoms with E-state index >= 15 is 0 Å². The molecule has 3 aromatic rings. The first-order valence-corrected chi connectivity index (χ1v) is 13.7. The summed E-state index contributed by atoms with van der Waals surface area (Å²) < 4.78 is 6.85. The number of hydrogen-bond acceptors (Lipinski definition) is 6. The second-order valence-corrected chi connectivity index (χ2v) is 11.4. The summed E-state index contributed by atoms with van der Waals surface area (Å²) in [6, 6.07) is 15.6. The Labute approximate surface area is 235 Å². The number of pyridine rings is 1. The van der Waals surface area contributed by atoms with Crippen LogP contribution in [0.1, 0.15) is 35.8 Å². The summed E-state index contributed by atoms with van der Waals surface area (Å²) in [4.78, 5) is 37.7. The van der Waals surface area contributed by atoms with Gasteiger partial charge in [-0.05, 0) is 48.1 Å². The predicted molar refractivity (Wildman–Crippen MR) is 150 cm³/mol. The van der Waals surface area contributed by atoms with Crippen LogP contribution in [-0.4, -0.2) is 63.1 Å². The van der Waals surface area contributed by atoms with Crippen molar-refractivity contribution in [3.05, 3.63) is 76.0 Å². The van der Waals surface area contributed by atoms with Gasteiger partial charge in [-0.1, -0.05) is 36.7 Å². The van der Waals surface area contributed by atoms with Gasteiger partial charge in [-0.2, -0.15) is 9.89 Å². The van der Waals surface area contributed by atoms with E-state index in [9.17, 15) is 9.59 Å². The van der Waals surface area contributed by atoms with Crippen LogP contribution < -0.4 is 10.2 Å². The van der Waals surface area contributed by atoms with Gasteiger partial charge in [0.05, 0.1) is 25.1 Å². The predicted octanol–water partition coefficient (Wildman–Crippen LogP) is 3.90. The maximum absolute atomic E-state index is 14.0. The maximum atomic E-state index is 14.0. The fraction of sp³-hybridized carbons (Fsp3) is 0.393. The highest BCUT2D eigenvalue weighted by molar-refractivity contribution is 6.33. The van der Waals surface area contributed by atoms with E-state index in [2.05, 4.69) is 48.4 Å². The molecular formula is C28H29ClN6O3Si+. The van der Waals surface area contributed by atoms with E-state index in [1.54, 1.807) is 25.4 Å². The van der Waals surface area contributed by atoms with Gasteiger partial charge in [0.15, 0.2) is 11.6 Å². The van der Waals surface area contributed by atoms with Crippen molar-refractivity contribution in [3.63, 3.8) is 0 Å². The van der Waals surface area contributed by atoms with Crippen LogP contribution in [0.2, 0.25) is 5.02 Å². The maximum Gasteiger partial charge on any atom is 0.565 e. The van der Waals surface area contributed by atoms with Gasteiger partial charge in [-0.25, -0.2) is 4.98 Å². The van der Waals surface area contributed by atoms with Crippen LogP contribution >= 0.6 is 11.6 Å². The molecule has 1 aromatic carbocycles. The number of ether oxygens (including phenoxy) is 1. The molecule has 3 heterocycles. The lowest BCUT2D eigenvalue weighted by molar-refractivity contribution is -0.119. The van der Waals surface area contributed by atoms with E-state index in [-0.39, 0.29) is 11.3 Å². The Hall–Kier alpha value is -3.52. The third-order valence-electron chi connectivity index (χ3n) is 7.63. The summed E-state index contributed by atoms with van der Waals surface area (Å²) in [7, 11) is 5.68. The highest BCUT2D eigenvalue weighted by Crippen LogP contribution is 2.61. The summed E-state index contributed by atoms with van der Waals surface area (Å²) in [6.45, 7) is 4.93. The minimum absolute atomic E-state index is 0.291. The van der Waals surface area contributed by atoms with Gasteiger partial charge in [0.1, 0.15) is 5.82 Å². The SMILES string of the molecule is Cn1nccc1C(=O)[N+]#CC(C(=O)Nc1ccc(N2CCOCC2)nc1)C([Si])(c1ccccc1Cl)C1(C)CC1. The average molecular weight is 561 g/mol. The monoisotopic (exact) mass is 560 g/mol. The number of carbonyl (C=O) groups is 2. The van der Waals surface area contributed by atoms with E-state index in [1.165, 1.54) is 10.9 Å². The van der Waals surface area contributed by atoms with Gasteiger partial charge in [0.25, 0.3) is 0 Å². The lowest BCUT2D eigenvalue weighted by Gasteiger charge is -2.39. The van der Waals surface area contributed by atoms with Crippen LogP contribution in [0.15, 0.2) is 54.9 Å². The molecule has 9 nitrogen and oxygen atoms in total. The number of amides is 2. The molecule has 5 rings (SSSR count). The molecule has 1 N–H and O–H groups in total. The zero-order valence-electron chi connectivity index (χ0n) is 21.9. The number of rotatable bonds is 7.